The van der Waals surface area contributed by atoms with Crippen molar-refractivity contribution in [2.75, 3.05) is 32.0 Å². The lowest BCUT2D eigenvalue weighted by atomic mass is 9.83. The molecular formula is C26H26F4N4O3. The number of nitrogens with two attached hydrogens (primary N) is 1. The van der Waals surface area contributed by atoms with Gasteiger partial charge in [-0.05, 0) is 55.7 Å². The molecule has 1 aliphatic carbocycles. The van der Waals surface area contributed by atoms with E-state index in [0.717, 1.165) is 54.6 Å². The van der Waals surface area contributed by atoms with Gasteiger partial charge in [-0.3, -0.25) is 4.79 Å². The largest absolute Gasteiger partial charge is 0.573 e. The summed E-state index contributed by atoms with van der Waals surface area (Å²) in [5.41, 5.74) is 9.56. The van der Waals surface area contributed by atoms with Gasteiger partial charge in [0.1, 0.15) is 17.2 Å². The minimum Gasteiger partial charge on any atom is -0.406 e. The zero-order valence-electron chi connectivity index (χ0n) is 20.0. The number of alkyl halides is 3. The molecule has 3 aromatic rings. The maximum Gasteiger partial charge on any atom is 0.573 e. The van der Waals surface area contributed by atoms with Crippen LogP contribution in [0.2, 0.25) is 0 Å². The molecule has 196 valence electrons. The number of fused-ring (bicyclic) bond motifs is 3. The number of piperidine rings is 1. The number of hydrogen-bond acceptors (Lipinski definition) is 5. The third kappa shape index (κ3) is 4.28. The van der Waals surface area contributed by atoms with Crippen molar-refractivity contribution in [2.24, 2.45) is 5.41 Å². The topological polar surface area (TPSA) is 93.5 Å². The van der Waals surface area contributed by atoms with Gasteiger partial charge in [0, 0.05) is 53.5 Å². The van der Waals surface area contributed by atoms with E-state index in [1.807, 2.05) is 0 Å². The Kier molecular flexibility index (Phi) is 5.59. The van der Waals surface area contributed by atoms with Crippen LogP contribution in [0.3, 0.4) is 0 Å². The van der Waals surface area contributed by atoms with Crippen LogP contribution in [0, 0.1) is 11.2 Å². The number of rotatable bonds is 3. The summed E-state index contributed by atoms with van der Waals surface area (Å²) in [7, 11) is 0. The number of hydrogen-bond donors (Lipinski definition) is 2. The standard InChI is InChI=1S/C26H26F4N4O3/c27-18-12-32-23-22(17-10-25(5-8-36-13-25)11-20(17)33-23)21(18)14-3-6-34(7-4-14)24(35)16-2-1-15(9-19(16)31)37-26(28,29)30/h1-2,9,12,14H,3-8,10-11,13,31H2,(H,32,33)/t25-/m0/s1. The van der Waals surface area contributed by atoms with Crippen molar-refractivity contribution in [2.45, 2.75) is 44.4 Å². The van der Waals surface area contributed by atoms with E-state index in [0.29, 0.717) is 43.7 Å². The Balaban J connectivity index is 1.21. The highest BCUT2D eigenvalue weighted by atomic mass is 19.4. The summed E-state index contributed by atoms with van der Waals surface area (Å²) >= 11 is 0. The van der Waals surface area contributed by atoms with Crippen LogP contribution in [-0.2, 0) is 17.6 Å². The Bertz CT molecular complexity index is 1370. The number of pyridine rings is 1. The number of nitrogen functional groups attached to an aromatic ring is 1. The molecule has 3 N–H and O–H groups in total. The smallest absolute Gasteiger partial charge is 0.406 e. The summed E-state index contributed by atoms with van der Waals surface area (Å²) in [6, 6.07) is 3.30. The molecule has 0 unspecified atom stereocenters. The van der Waals surface area contributed by atoms with Crippen LogP contribution in [0.5, 0.6) is 5.75 Å². The molecule has 2 aromatic heterocycles. The number of H-pyrrole nitrogens is 1. The molecule has 6 rings (SSSR count). The Morgan fingerprint density at radius 2 is 2.03 bits per heavy atom. The summed E-state index contributed by atoms with van der Waals surface area (Å²) in [4.78, 5) is 22.4. The fraction of sp³-hybridized carbons (Fsp3) is 0.462. The van der Waals surface area contributed by atoms with Gasteiger partial charge >= 0.3 is 6.36 Å². The quantitative estimate of drug-likeness (QED) is 0.387. The molecule has 1 aromatic carbocycles. The van der Waals surface area contributed by atoms with E-state index >= 15 is 4.39 Å². The fourth-order valence-electron chi connectivity index (χ4n) is 6.23. The molecule has 3 aliphatic rings. The Morgan fingerprint density at radius 3 is 2.70 bits per heavy atom. The Morgan fingerprint density at radius 1 is 1.24 bits per heavy atom. The van der Waals surface area contributed by atoms with Crippen LogP contribution in [-0.4, -0.2) is 53.4 Å². The molecule has 4 heterocycles. The number of anilines is 1. The summed E-state index contributed by atoms with van der Waals surface area (Å²) in [5.74, 6) is -1.29. The predicted molar refractivity (Wildman–Crippen MR) is 127 cm³/mol. The first-order chi connectivity index (χ1) is 17.6. The van der Waals surface area contributed by atoms with Crippen LogP contribution in [0.15, 0.2) is 24.4 Å². The molecule has 0 radical (unpaired) electrons. The number of amides is 1. The second-order valence-electron chi connectivity index (χ2n) is 10.3. The zero-order chi connectivity index (χ0) is 25.9. The van der Waals surface area contributed by atoms with Gasteiger partial charge in [0.05, 0.1) is 18.4 Å². The molecule has 37 heavy (non-hydrogen) atoms. The van der Waals surface area contributed by atoms with Gasteiger partial charge in [0.15, 0.2) is 0 Å². The molecule has 7 nitrogen and oxygen atoms in total. The third-order valence-electron chi connectivity index (χ3n) is 7.97. The van der Waals surface area contributed by atoms with Gasteiger partial charge in [0.2, 0.25) is 0 Å². The monoisotopic (exact) mass is 518 g/mol. The number of aromatic amines is 1. The SMILES string of the molecule is Nc1cc(OC(F)(F)F)ccc1C(=O)N1CCC(c2c(F)cnc3[nH]c4c(c23)C[C@@]2(CCOC2)C4)CC1. The normalized spacial score (nSPS) is 22.2. The molecular weight excluding hydrogens is 492 g/mol. The molecule has 0 saturated carbocycles. The fourth-order valence-corrected chi connectivity index (χ4v) is 6.23. The van der Waals surface area contributed by atoms with E-state index in [2.05, 4.69) is 14.7 Å². The first-order valence-electron chi connectivity index (χ1n) is 12.3. The third-order valence-corrected chi connectivity index (χ3v) is 7.97. The average molecular weight is 519 g/mol. The number of carbonyl (C=O) groups is 1. The zero-order valence-corrected chi connectivity index (χ0v) is 20.0. The van der Waals surface area contributed by atoms with E-state index in [1.54, 1.807) is 4.90 Å². The number of halogens is 4. The van der Waals surface area contributed by atoms with Crippen LogP contribution >= 0.6 is 0 Å². The summed E-state index contributed by atoms with van der Waals surface area (Å²) in [5, 5.41) is 0.869. The van der Waals surface area contributed by atoms with Gasteiger partial charge < -0.3 is 25.1 Å². The number of aromatic nitrogens is 2. The van der Waals surface area contributed by atoms with Gasteiger partial charge in [0.25, 0.3) is 5.91 Å². The first-order valence-corrected chi connectivity index (χ1v) is 12.3. The van der Waals surface area contributed by atoms with Gasteiger partial charge in [-0.1, -0.05) is 0 Å². The van der Waals surface area contributed by atoms with Crippen LogP contribution in [0.4, 0.5) is 23.2 Å². The number of carbonyl (C=O) groups excluding carboxylic acids is 1. The average Bonchev–Trinajstić information content (AvgIpc) is 3.53. The van der Waals surface area contributed by atoms with Crippen molar-refractivity contribution < 1.29 is 31.8 Å². The molecule has 0 bridgehead atoms. The molecule has 11 heteroatoms. The van der Waals surface area contributed by atoms with Crippen molar-refractivity contribution in [1.82, 2.24) is 14.9 Å². The summed E-state index contributed by atoms with van der Waals surface area (Å²) in [6.07, 6.45) is 0.212. The highest BCUT2D eigenvalue weighted by Gasteiger charge is 2.43. The summed E-state index contributed by atoms with van der Waals surface area (Å²) in [6.45, 7) is 2.20. The second kappa shape index (κ2) is 8.61. The lowest BCUT2D eigenvalue weighted by Gasteiger charge is -2.33. The van der Waals surface area contributed by atoms with Crippen molar-refractivity contribution in [3.05, 3.63) is 52.6 Å². The first kappa shape index (κ1) is 24.0. The van der Waals surface area contributed by atoms with Crippen molar-refractivity contribution in [1.29, 1.82) is 0 Å². The summed E-state index contributed by atoms with van der Waals surface area (Å²) < 4.78 is 62.2. The van der Waals surface area contributed by atoms with E-state index < -0.39 is 12.1 Å². The van der Waals surface area contributed by atoms with Crippen molar-refractivity contribution in [3.63, 3.8) is 0 Å². The molecule has 2 aliphatic heterocycles. The Labute approximate surface area is 209 Å². The van der Waals surface area contributed by atoms with Crippen molar-refractivity contribution >= 4 is 22.6 Å². The maximum atomic E-state index is 15.3. The molecule has 1 atom stereocenters. The van der Waals surface area contributed by atoms with Gasteiger partial charge in [-0.2, -0.15) is 0 Å². The number of likely N-dealkylation sites (tertiary alicyclic amines) is 1. The van der Waals surface area contributed by atoms with E-state index in [4.69, 9.17) is 10.5 Å². The minimum atomic E-state index is -4.85. The van der Waals surface area contributed by atoms with Crippen LogP contribution in [0.25, 0.3) is 11.0 Å². The van der Waals surface area contributed by atoms with E-state index in [9.17, 15) is 18.0 Å². The van der Waals surface area contributed by atoms with E-state index in [1.165, 1.54) is 12.3 Å². The van der Waals surface area contributed by atoms with E-state index in [-0.39, 0.29) is 34.3 Å². The molecule has 2 saturated heterocycles. The number of benzene rings is 1. The second-order valence-corrected chi connectivity index (χ2v) is 10.3. The molecule has 1 spiro atoms. The lowest BCUT2D eigenvalue weighted by molar-refractivity contribution is -0.274. The number of nitrogens with zero attached hydrogens (tertiary/aromatic N) is 2. The highest BCUT2D eigenvalue weighted by Crippen LogP contribution is 2.47. The number of ether oxygens (including phenoxy) is 2. The highest BCUT2D eigenvalue weighted by molar-refractivity contribution is 5.99. The van der Waals surface area contributed by atoms with Crippen molar-refractivity contribution in [3.8, 4) is 5.75 Å². The predicted octanol–water partition coefficient (Wildman–Crippen LogP) is 4.71. The molecule has 2 fully saturated rings. The van der Waals surface area contributed by atoms with Gasteiger partial charge in [-0.15, -0.1) is 13.2 Å². The Hall–Kier alpha value is -3.34. The van der Waals surface area contributed by atoms with Crippen LogP contribution < -0.4 is 10.5 Å². The van der Waals surface area contributed by atoms with Gasteiger partial charge in [-0.25, -0.2) is 9.37 Å². The van der Waals surface area contributed by atoms with Crippen LogP contribution in [0.1, 0.15) is 52.4 Å². The minimum absolute atomic E-state index is 0.0787. The lowest BCUT2D eigenvalue weighted by Crippen LogP contribution is -2.38. The molecule has 1 amide bonds. The number of nitrogens with one attached hydrogen (secondary N) is 1. The maximum absolute atomic E-state index is 15.3.